The number of carbonyl (C=O) groups excluding carboxylic acids is 2. The van der Waals surface area contributed by atoms with Crippen molar-refractivity contribution in [2.24, 2.45) is 0 Å². The van der Waals surface area contributed by atoms with Crippen LogP contribution in [0.3, 0.4) is 0 Å². The van der Waals surface area contributed by atoms with Crippen molar-refractivity contribution in [2.45, 2.75) is 69.9 Å². The number of anilines is 1. The largest absolute Gasteiger partial charge is 0.369 e. The van der Waals surface area contributed by atoms with E-state index in [-0.39, 0.29) is 11.8 Å². The summed E-state index contributed by atoms with van der Waals surface area (Å²) in [5.41, 5.74) is 1.86. The smallest absolute Gasteiger partial charge is 0.251 e. The van der Waals surface area contributed by atoms with Gasteiger partial charge >= 0.3 is 0 Å². The monoisotopic (exact) mass is 481 g/mol. The Hall–Kier alpha value is -2.12. The van der Waals surface area contributed by atoms with Gasteiger partial charge < -0.3 is 15.1 Å². The van der Waals surface area contributed by atoms with Gasteiger partial charge in [0.2, 0.25) is 5.91 Å². The molecule has 0 radical (unpaired) electrons. The lowest BCUT2D eigenvalue weighted by Crippen LogP contribution is -2.56. The molecule has 1 aromatic carbocycles. The average Bonchev–Trinajstić information content (AvgIpc) is 3.13. The van der Waals surface area contributed by atoms with E-state index in [0.717, 1.165) is 82.5 Å². The molecule has 2 aliphatic carbocycles. The van der Waals surface area contributed by atoms with Gasteiger partial charge in [-0.1, -0.05) is 38.2 Å². The molecule has 0 spiro atoms. The SMILES string of the molecule is O=C(NC1CCCCCC1)c1cccc(N2CCN(CC(=O)N3CCN(C4CCC4)CC3)CC2)c1. The average molecular weight is 482 g/mol. The fraction of sp³-hybridized carbons (Fsp3) is 0.714. The van der Waals surface area contributed by atoms with E-state index < -0.39 is 0 Å². The zero-order valence-electron chi connectivity index (χ0n) is 21.3. The van der Waals surface area contributed by atoms with E-state index >= 15 is 0 Å². The number of nitrogens with zero attached hydrogens (tertiary/aromatic N) is 4. The summed E-state index contributed by atoms with van der Waals surface area (Å²) in [7, 11) is 0. The third kappa shape index (κ3) is 6.36. The molecule has 0 atom stereocenters. The minimum Gasteiger partial charge on any atom is -0.369 e. The minimum atomic E-state index is 0.0559. The predicted molar refractivity (Wildman–Crippen MR) is 140 cm³/mol. The van der Waals surface area contributed by atoms with Crippen molar-refractivity contribution >= 4 is 17.5 Å². The summed E-state index contributed by atoms with van der Waals surface area (Å²) in [6.45, 7) is 7.90. The predicted octanol–water partition coefficient (Wildman–Crippen LogP) is 2.96. The summed E-state index contributed by atoms with van der Waals surface area (Å²) in [6.07, 6.45) is 11.3. The van der Waals surface area contributed by atoms with Crippen LogP contribution < -0.4 is 10.2 Å². The molecule has 2 heterocycles. The molecular weight excluding hydrogens is 438 g/mol. The van der Waals surface area contributed by atoms with Crippen molar-refractivity contribution in [3.63, 3.8) is 0 Å². The van der Waals surface area contributed by atoms with Crippen molar-refractivity contribution < 1.29 is 9.59 Å². The first-order valence-corrected chi connectivity index (χ1v) is 14.1. The lowest BCUT2D eigenvalue weighted by molar-refractivity contribution is -0.134. The summed E-state index contributed by atoms with van der Waals surface area (Å²) in [4.78, 5) is 35.1. The first-order valence-electron chi connectivity index (χ1n) is 14.1. The molecule has 0 unspecified atom stereocenters. The number of amides is 2. The summed E-state index contributed by atoms with van der Waals surface area (Å²) in [6, 6.07) is 9.16. The van der Waals surface area contributed by atoms with Crippen LogP contribution in [-0.4, -0.2) is 97.5 Å². The van der Waals surface area contributed by atoms with Crippen LogP contribution in [0.1, 0.15) is 68.1 Å². The molecule has 2 saturated carbocycles. The molecule has 192 valence electrons. The van der Waals surface area contributed by atoms with Gasteiger partial charge in [-0.3, -0.25) is 19.4 Å². The number of rotatable bonds is 6. The zero-order valence-corrected chi connectivity index (χ0v) is 21.3. The van der Waals surface area contributed by atoms with E-state index in [0.29, 0.717) is 12.6 Å². The van der Waals surface area contributed by atoms with Crippen LogP contribution in [0.4, 0.5) is 5.69 Å². The van der Waals surface area contributed by atoms with Crippen LogP contribution in [0, 0.1) is 0 Å². The van der Waals surface area contributed by atoms with E-state index in [2.05, 4.69) is 31.0 Å². The highest BCUT2D eigenvalue weighted by Gasteiger charge is 2.30. The molecule has 0 bridgehead atoms. The van der Waals surface area contributed by atoms with E-state index in [4.69, 9.17) is 0 Å². The van der Waals surface area contributed by atoms with Gasteiger partial charge in [0, 0.05) is 75.7 Å². The number of piperazine rings is 2. The van der Waals surface area contributed by atoms with Crippen molar-refractivity contribution in [3.8, 4) is 0 Å². The fourth-order valence-electron chi connectivity index (χ4n) is 6.08. The van der Waals surface area contributed by atoms with Gasteiger partial charge in [0.15, 0.2) is 0 Å². The number of carbonyl (C=O) groups is 2. The number of nitrogens with one attached hydrogen (secondary N) is 1. The normalized spacial score (nSPS) is 23.5. The Morgan fingerprint density at radius 2 is 1.51 bits per heavy atom. The second-order valence-electron chi connectivity index (χ2n) is 11.0. The molecule has 2 amide bonds. The Balaban J connectivity index is 1.07. The fourth-order valence-corrected chi connectivity index (χ4v) is 6.08. The maximum Gasteiger partial charge on any atom is 0.251 e. The molecule has 7 heteroatoms. The third-order valence-electron chi connectivity index (χ3n) is 8.65. The van der Waals surface area contributed by atoms with Gasteiger partial charge in [-0.05, 0) is 43.9 Å². The van der Waals surface area contributed by atoms with Gasteiger partial charge in [-0.15, -0.1) is 0 Å². The van der Waals surface area contributed by atoms with Crippen molar-refractivity contribution in [2.75, 3.05) is 63.8 Å². The lowest BCUT2D eigenvalue weighted by Gasteiger charge is -2.43. The topological polar surface area (TPSA) is 59.1 Å². The zero-order chi connectivity index (χ0) is 24.0. The number of hydrogen-bond donors (Lipinski definition) is 1. The Morgan fingerprint density at radius 1 is 0.800 bits per heavy atom. The molecule has 7 nitrogen and oxygen atoms in total. The first-order chi connectivity index (χ1) is 17.2. The molecule has 4 aliphatic rings. The van der Waals surface area contributed by atoms with E-state index in [1.165, 1.54) is 44.9 Å². The second-order valence-corrected chi connectivity index (χ2v) is 11.0. The molecule has 35 heavy (non-hydrogen) atoms. The van der Waals surface area contributed by atoms with Crippen LogP contribution in [0.25, 0.3) is 0 Å². The maximum atomic E-state index is 12.9. The molecule has 0 aromatic heterocycles. The molecule has 5 rings (SSSR count). The van der Waals surface area contributed by atoms with Crippen molar-refractivity contribution in [3.05, 3.63) is 29.8 Å². The van der Waals surface area contributed by atoms with Crippen molar-refractivity contribution in [1.29, 1.82) is 0 Å². The van der Waals surface area contributed by atoms with Gasteiger partial charge in [-0.2, -0.15) is 0 Å². The number of benzene rings is 1. The van der Waals surface area contributed by atoms with Gasteiger partial charge in [-0.25, -0.2) is 0 Å². The van der Waals surface area contributed by atoms with Crippen LogP contribution in [-0.2, 0) is 4.79 Å². The van der Waals surface area contributed by atoms with Crippen LogP contribution in [0.2, 0.25) is 0 Å². The summed E-state index contributed by atoms with van der Waals surface area (Å²) in [5.74, 6) is 0.337. The van der Waals surface area contributed by atoms with Gasteiger partial charge in [0.05, 0.1) is 6.54 Å². The Labute approximate surface area is 210 Å². The molecule has 1 N–H and O–H groups in total. The minimum absolute atomic E-state index is 0.0559. The standard InChI is InChI=1S/C28H43N5O2/c34-27(33-19-17-31(18-20-33)25-10-6-11-25)22-30-13-15-32(16-14-30)26-12-5-7-23(21-26)28(35)29-24-8-3-1-2-4-9-24/h5,7,12,21,24-25H,1-4,6,8-11,13-20,22H2,(H,29,35). The van der Waals surface area contributed by atoms with Crippen molar-refractivity contribution in [1.82, 2.24) is 20.0 Å². The molecule has 2 saturated heterocycles. The van der Waals surface area contributed by atoms with Crippen LogP contribution in [0.5, 0.6) is 0 Å². The molecule has 1 aromatic rings. The number of hydrogen-bond acceptors (Lipinski definition) is 5. The van der Waals surface area contributed by atoms with E-state index in [1.54, 1.807) is 0 Å². The van der Waals surface area contributed by atoms with E-state index in [9.17, 15) is 9.59 Å². The van der Waals surface area contributed by atoms with Crippen LogP contribution >= 0.6 is 0 Å². The highest BCUT2D eigenvalue weighted by atomic mass is 16.2. The molecule has 2 aliphatic heterocycles. The summed E-state index contributed by atoms with van der Waals surface area (Å²) in [5, 5.41) is 3.27. The van der Waals surface area contributed by atoms with Gasteiger partial charge in [0.25, 0.3) is 5.91 Å². The Kier molecular flexibility index (Phi) is 8.24. The van der Waals surface area contributed by atoms with E-state index in [1.807, 2.05) is 18.2 Å². The Morgan fingerprint density at radius 3 is 2.17 bits per heavy atom. The summed E-state index contributed by atoms with van der Waals surface area (Å²) >= 11 is 0. The van der Waals surface area contributed by atoms with Gasteiger partial charge in [0.1, 0.15) is 0 Å². The first kappa shape index (κ1) is 24.6. The summed E-state index contributed by atoms with van der Waals surface area (Å²) < 4.78 is 0. The Bertz CT molecular complexity index is 849. The quantitative estimate of drug-likeness (QED) is 0.633. The maximum absolute atomic E-state index is 12.9. The molecular formula is C28H43N5O2. The molecule has 4 fully saturated rings. The lowest BCUT2D eigenvalue weighted by atomic mass is 9.91. The highest BCUT2D eigenvalue weighted by molar-refractivity contribution is 5.95. The highest BCUT2D eigenvalue weighted by Crippen LogP contribution is 2.25. The second kappa shape index (κ2) is 11.7. The third-order valence-corrected chi connectivity index (χ3v) is 8.65. The van der Waals surface area contributed by atoms with Crippen LogP contribution in [0.15, 0.2) is 24.3 Å².